The summed E-state index contributed by atoms with van der Waals surface area (Å²) in [7, 11) is 0. The van der Waals surface area contributed by atoms with Gasteiger partial charge in [0.05, 0.1) is 4.92 Å². The molecule has 3 aromatic rings. The number of anilines is 4. The van der Waals surface area contributed by atoms with Crippen LogP contribution < -0.4 is 10.6 Å². The van der Waals surface area contributed by atoms with Crippen molar-refractivity contribution in [2.75, 3.05) is 10.6 Å². The van der Waals surface area contributed by atoms with Crippen LogP contribution in [0.25, 0.3) is 0 Å². The summed E-state index contributed by atoms with van der Waals surface area (Å²) in [6.45, 7) is 3.87. The second-order valence-electron chi connectivity index (χ2n) is 5.46. The summed E-state index contributed by atoms with van der Waals surface area (Å²) >= 11 is 0. The molecular formula is C17H16N6O2. The number of hydrogen-bond acceptors (Lipinski definition) is 7. The molecule has 0 saturated carbocycles. The topological polar surface area (TPSA) is 106 Å². The molecule has 0 aliphatic heterocycles. The molecule has 0 amide bonds. The number of nitro groups is 1. The van der Waals surface area contributed by atoms with Gasteiger partial charge in [-0.3, -0.25) is 10.1 Å². The van der Waals surface area contributed by atoms with E-state index in [9.17, 15) is 10.1 Å². The molecule has 2 N–H and O–H groups in total. The molecule has 8 heteroatoms. The summed E-state index contributed by atoms with van der Waals surface area (Å²) in [5.74, 6) is 0.653. The molecule has 2 heterocycles. The predicted molar refractivity (Wildman–Crippen MR) is 95.4 cm³/mol. The minimum absolute atomic E-state index is 0.0755. The molecule has 0 saturated heterocycles. The Morgan fingerprint density at radius 2 is 1.76 bits per heavy atom. The van der Waals surface area contributed by atoms with Gasteiger partial charge in [0.2, 0.25) is 11.6 Å². The summed E-state index contributed by atoms with van der Waals surface area (Å²) in [4.78, 5) is 23.2. The van der Waals surface area contributed by atoms with Gasteiger partial charge in [-0.1, -0.05) is 18.2 Å². The smallest absolute Gasteiger partial charge is 0.334 e. The van der Waals surface area contributed by atoms with E-state index in [2.05, 4.69) is 25.6 Å². The quantitative estimate of drug-likeness (QED) is 0.538. The van der Waals surface area contributed by atoms with Crippen molar-refractivity contribution in [3.63, 3.8) is 0 Å². The average Bonchev–Trinajstić information content (AvgIpc) is 2.59. The third-order valence-electron chi connectivity index (χ3n) is 3.56. The zero-order valence-electron chi connectivity index (χ0n) is 13.7. The molecule has 3 rings (SSSR count). The van der Waals surface area contributed by atoms with E-state index < -0.39 is 4.92 Å². The Bertz CT molecular complexity index is 914. The van der Waals surface area contributed by atoms with Crippen molar-refractivity contribution >= 4 is 28.8 Å². The fourth-order valence-electron chi connectivity index (χ4n) is 2.29. The summed E-state index contributed by atoms with van der Waals surface area (Å²) < 4.78 is 0. The first-order valence-corrected chi connectivity index (χ1v) is 7.56. The van der Waals surface area contributed by atoms with Gasteiger partial charge in [-0.25, -0.2) is 15.0 Å². The van der Waals surface area contributed by atoms with Crippen LogP contribution >= 0.6 is 0 Å². The van der Waals surface area contributed by atoms with Crippen LogP contribution in [0.4, 0.5) is 28.8 Å². The first-order valence-electron chi connectivity index (χ1n) is 7.56. The third-order valence-corrected chi connectivity index (χ3v) is 3.56. The highest BCUT2D eigenvalue weighted by atomic mass is 16.6. The van der Waals surface area contributed by atoms with Crippen LogP contribution in [0.2, 0.25) is 0 Å². The molecule has 0 spiro atoms. The highest BCUT2D eigenvalue weighted by Crippen LogP contribution is 2.33. The van der Waals surface area contributed by atoms with E-state index in [0.717, 1.165) is 16.8 Å². The van der Waals surface area contributed by atoms with Crippen molar-refractivity contribution in [2.24, 2.45) is 0 Å². The van der Waals surface area contributed by atoms with Crippen molar-refractivity contribution < 1.29 is 4.92 Å². The van der Waals surface area contributed by atoms with Crippen LogP contribution in [0.5, 0.6) is 0 Å². The Kier molecular flexibility index (Phi) is 4.51. The highest BCUT2D eigenvalue weighted by Gasteiger charge is 2.23. The molecule has 0 radical (unpaired) electrons. The van der Waals surface area contributed by atoms with Gasteiger partial charge in [0.25, 0.3) is 0 Å². The SMILES string of the molecule is Cc1ccc(C)c(Nc2ncnc(Nc3ccccn3)c2[N+](=O)[O-])c1. The Morgan fingerprint density at radius 1 is 1.00 bits per heavy atom. The minimum atomic E-state index is -0.515. The molecule has 0 unspecified atom stereocenters. The molecule has 0 fully saturated rings. The largest absolute Gasteiger partial charge is 0.353 e. The Balaban J connectivity index is 2.01. The lowest BCUT2D eigenvalue weighted by Gasteiger charge is -2.12. The van der Waals surface area contributed by atoms with Crippen LogP contribution in [-0.4, -0.2) is 19.9 Å². The van der Waals surface area contributed by atoms with Gasteiger partial charge in [0.1, 0.15) is 12.1 Å². The Hall–Kier alpha value is -3.55. The Morgan fingerprint density at radius 3 is 2.44 bits per heavy atom. The molecule has 25 heavy (non-hydrogen) atoms. The van der Waals surface area contributed by atoms with Gasteiger partial charge in [-0.05, 0) is 43.2 Å². The van der Waals surface area contributed by atoms with Crippen LogP contribution in [0.1, 0.15) is 11.1 Å². The number of hydrogen-bond donors (Lipinski definition) is 2. The number of rotatable bonds is 5. The van der Waals surface area contributed by atoms with Crippen molar-refractivity contribution in [3.8, 4) is 0 Å². The molecule has 1 aromatic carbocycles. The number of pyridine rings is 1. The number of nitrogens with zero attached hydrogens (tertiary/aromatic N) is 4. The lowest BCUT2D eigenvalue weighted by molar-refractivity contribution is -0.383. The van der Waals surface area contributed by atoms with Gasteiger partial charge < -0.3 is 10.6 Å². The maximum Gasteiger partial charge on any atom is 0.353 e. The van der Waals surface area contributed by atoms with Gasteiger partial charge in [-0.15, -0.1) is 0 Å². The molecule has 0 aliphatic carbocycles. The van der Waals surface area contributed by atoms with Gasteiger partial charge in [0, 0.05) is 11.9 Å². The van der Waals surface area contributed by atoms with E-state index in [1.165, 1.54) is 6.33 Å². The van der Waals surface area contributed by atoms with E-state index in [4.69, 9.17) is 0 Å². The molecule has 0 bridgehead atoms. The number of benzene rings is 1. The van der Waals surface area contributed by atoms with Crippen LogP contribution in [0, 0.1) is 24.0 Å². The van der Waals surface area contributed by atoms with Gasteiger partial charge in [0.15, 0.2) is 0 Å². The summed E-state index contributed by atoms with van der Waals surface area (Å²) in [6, 6.07) is 11.1. The standard InChI is InChI=1S/C17H16N6O2/c1-11-6-7-12(2)13(9-11)21-16-15(23(24)25)17(20-10-19-16)22-14-5-3-4-8-18-14/h3-10H,1-2H3,(H2,18,19,20,21,22). The lowest BCUT2D eigenvalue weighted by Crippen LogP contribution is -2.06. The molecule has 126 valence electrons. The van der Waals surface area contributed by atoms with E-state index in [-0.39, 0.29) is 17.3 Å². The zero-order chi connectivity index (χ0) is 17.8. The van der Waals surface area contributed by atoms with Crippen LogP contribution in [-0.2, 0) is 0 Å². The molecule has 2 aromatic heterocycles. The number of aromatic nitrogens is 3. The van der Waals surface area contributed by atoms with Crippen LogP contribution in [0.3, 0.4) is 0 Å². The number of aryl methyl sites for hydroxylation is 2. The van der Waals surface area contributed by atoms with E-state index in [0.29, 0.717) is 5.82 Å². The monoisotopic (exact) mass is 336 g/mol. The van der Waals surface area contributed by atoms with Crippen LogP contribution in [0.15, 0.2) is 48.9 Å². The molecular weight excluding hydrogens is 320 g/mol. The van der Waals surface area contributed by atoms with Crippen molar-refractivity contribution in [2.45, 2.75) is 13.8 Å². The maximum absolute atomic E-state index is 11.6. The van der Waals surface area contributed by atoms with Gasteiger partial charge >= 0.3 is 5.69 Å². The predicted octanol–water partition coefficient (Wildman–Crippen LogP) is 3.88. The van der Waals surface area contributed by atoms with Crippen molar-refractivity contribution in [1.29, 1.82) is 0 Å². The first kappa shape index (κ1) is 16.3. The van der Waals surface area contributed by atoms with E-state index in [1.54, 1.807) is 24.4 Å². The zero-order valence-corrected chi connectivity index (χ0v) is 13.7. The maximum atomic E-state index is 11.6. The first-order chi connectivity index (χ1) is 12.0. The fourth-order valence-corrected chi connectivity index (χ4v) is 2.29. The van der Waals surface area contributed by atoms with Gasteiger partial charge in [-0.2, -0.15) is 0 Å². The molecule has 0 atom stereocenters. The number of nitrogens with one attached hydrogen (secondary N) is 2. The van der Waals surface area contributed by atoms with Crippen molar-refractivity contribution in [1.82, 2.24) is 15.0 Å². The third kappa shape index (κ3) is 3.69. The highest BCUT2D eigenvalue weighted by molar-refractivity contribution is 5.76. The Labute approximate surface area is 144 Å². The van der Waals surface area contributed by atoms with E-state index in [1.807, 2.05) is 32.0 Å². The molecule has 8 nitrogen and oxygen atoms in total. The lowest BCUT2D eigenvalue weighted by atomic mass is 10.1. The minimum Gasteiger partial charge on any atom is -0.334 e. The molecule has 0 aliphatic rings. The second-order valence-corrected chi connectivity index (χ2v) is 5.46. The van der Waals surface area contributed by atoms with Crippen molar-refractivity contribution in [3.05, 3.63) is 70.2 Å². The fraction of sp³-hybridized carbons (Fsp3) is 0.118. The van der Waals surface area contributed by atoms with E-state index >= 15 is 0 Å². The average molecular weight is 336 g/mol. The second kappa shape index (κ2) is 6.91. The summed E-state index contributed by atoms with van der Waals surface area (Å²) in [5.41, 5.74) is 2.51. The summed E-state index contributed by atoms with van der Waals surface area (Å²) in [6.07, 6.45) is 2.86. The normalized spacial score (nSPS) is 10.3. The summed E-state index contributed by atoms with van der Waals surface area (Å²) in [5, 5.41) is 17.5.